The SMILES string of the molecule is COc1ccccc1-c1c(-c2ccc(OCc3ccc(C)cc3)cc2O)n[nH]c1C(F)(F)F. The summed E-state index contributed by atoms with van der Waals surface area (Å²) in [5.74, 6) is 0.373. The Morgan fingerprint density at radius 2 is 1.70 bits per heavy atom. The van der Waals surface area contributed by atoms with E-state index in [1.807, 2.05) is 31.2 Å². The van der Waals surface area contributed by atoms with Crippen molar-refractivity contribution in [2.45, 2.75) is 19.7 Å². The van der Waals surface area contributed by atoms with Gasteiger partial charge in [0.25, 0.3) is 0 Å². The lowest BCUT2D eigenvalue weighted by Gasteiger charge is -2.13. The normalized spacial score (nSPS) is 11.4. The molecule has 5 nitrogen and oxygen atoms in total. The zero-order chi connectivity index (χ0) is 23.6. The number of halogens is 3. The number of aromatic nitrogens is 2. The summed E-state index contributed by atoms with van der Waals surface area (Å²) >= 11 is 0. The van der Waals surface area contributed by atoms with Crippen LogP contribution in [-0.4, -0.2) is 22.4 Å². The number of phenolic OH excluding ortho intramolecular Hbond substituents is 1. The van der Waals surface area contributed by atoms with Crippen LogP contribution in [0.1, 0.15) is 16.8 Å². The molecule has 0 unspecified atom stereocenters. The minimum absolute atomic E-state index is 0.0468. The first-order valence-corrected chi connectivity index (χ1v) is 10.1. The Kier molecular flexibility index (Phi) is 6.00. The third kappa shape index (κ3) is 4.64. The number of ether oxygens (including phenoxy) is 2. The van der Waals surface area contributed by atoms with Crippen molar-refractivity contribution < 1.29 is 27.8 Å². The minimum atomic E-state index is -4.69. The van der Waals surface area contributed by atoms with E-state index in [-0.39, 0.29) is 40.5 Å². The molecule has 0 aliphatic carbocycles. The number of aromatic amines is 1. The van der Waals surface area contributed by atoms with E-state index in [2.05, 4.69) is 10.2 Å². The van der Waals surface area contributed by atoms with Crippen molar-refractivity contribution in [2.75, 3.05) is 7.11 Å². The fraction of sp³-hybridized carbons (Fsp3) is 0.160. The van der Waals surface area contributed by atoms with Crippen molar-refractivity contribution >= 4 is 0 Å². The Hall–Kier alpha value is -3.94. The number of hydrogen-bond donors (Lipinski definition) is 2. The van der Waals surface area contributed by atoms with Gasteiger partial charge in [0.15, 0.2) is 0 Å². The molecule has 4 rings (SSSR count). The van der Waals surface area contributed by atoms with Crippen LogP contribution in [0.25, 0.3) is 22.4 Å². The summed E-state index contributed by atoms with van der Waals surface area (Å²) in [6.45, 7) is 2.27. The van der Waals surface area contributed by atoms with E-state index in [0.717, 1.165) is 11.1 Å². The molecule has 4 aromatic rings. The molecule has 0 spiro atoms. The van der Waals surface area contributed by atoms with E-state index in [4.69, 9.17) is 9.47 Å². The molecule has 0 atom stereocenters. The second kappa shape index (κ2) is 8.90. The Morgan fingerprint density at radius 3 is 2.36 bits per heavy atom. The van der Waals surface area contributed by atoms with Gasteiger partial charge in [-0.2, -0.15) is 18.3 Å². The topological polar surface area (TPSA) is 67.4 Å². The summed E-state index contributed by atoms with van der Waals surface area (Å²) < 4.78 is 52.3. The van der Waals surface area contributed by atoms with Crippen LogP contribution in [0, 0.1) is 6.92 Å². The average molecular weight is 454 g/mol. The molecular formula is C25H21F3N2O3. The summed E-state index contributed by atoms with van der Waals surface area (Å²) in [5.41, 5.74) is 1.13. The van der Waals surface area contributed by atoms with E-state index in [1.54, 1.807) is 24.3 Å². The Labute approximate surface area is 188 Å². The molecule has 0 aliphatic rings. The number of nitrogens with zero attached hydrogens (tertiary/aromatic N) is 1. The van der Waals surface area contributed by atoms with E-state index in [1.165, 1.54) is 25.3 Å². The molecule has 0 aliphatic heterocycles. The number of aromatic hydroxyl groups is 1. The quantitative estimate of drug-likeness (QED) is 0.356. The van der Waals surface area contributed by atoms with Crippen molar-refractivity contribution in [3.8, 4) is 39.6 Å². The van der Waals surface area contributed by atoms with Gasteiger partial charge in [-0.15, -0.1) is 0 Å². The van der Waals surface area contributed by atoms with Crippen LogP contribution in [0.3, 0.4) is 0 Å². The van der Waals surface area contributed by atoms with E-state index >= 15 is 0 Å². The first kappa shape index (κ1) is 22.3. The second-order valence-corrected chi connectivity index (χ2v) is 7.47. The Bertz CT molecular complexity index is 1260. The second-order valence-electron chi connectivity index (χ2n) is 7.47. The lowest BCUT2D eigenvalue weighted by Crippen LogP contribution is -2.07. The molecule has 2 N–H and O–H groups in total. The number of para-hydroxylation sites is 1. The highest BCUT2D eigenvalue weighted by molar-refractivity contribution is 5.88. The number of alkyl halides is 3. The first-order valence-electron chi connectivity index (χ1n) is 10.1. The van der Waals surface area contributed by atoms with Crippen LogP contribution in [0.15, 0.2) is 66.7 Å². The zero-order valence-corrected chi connectivity index (χ0v) is 17.9. The molecule has 1 heterocycles. The van der Waals surface area contributed by atoms with Gasteiger partial charge in [0.2, 0.25) is 0 Å². The van der Waals surface area contributed by atoms with Gasteiger partial charge in [0.1, 0.15) is 35.2 Å². The first-order chi connectivity index (χ1) is 15.8. The maximum Gasteiger partial charge on any atom is 0.433 e. The van der Waals surface area contributed by atoms with Gasteiger partial charge < -0.3 is 14.6 Å². The van der Waals surface area contributed by atoms with Crippen molar-refractivity contribution in [2.24, 2.45) is 0 Å². The molecule has 33 heavy (non-hydrogen) atoms. The monoisotopic (exact) mass is 454 g/mol. The van der Waals surface area contributed by atoms with Crippen LogP contribution < -0.4 is 9.47 Å². The van der Waals surface area contributed by atoms with Crippen LogP contribution >= 0.6 is 0 Å². The number of benzene rings is 3. The van der Waals surface area contributed by atoms with Gasteiger partial charge >= 0.3 is 6.18 Å². The van der Waals surface area contributed by atoms with E-state index < -0.39 is 11.9 Å². The molecule has 0 saturated heterocycles. The molecule has 0 bridgehead atoms. The molecule has 8 heteroatoms. The largest absolute Gasteiger partial charge is 0.507 e. The highest BCUT2D eigenvalue weighted by Crippen LogP contribution is 2.46. The standard InChI is InChI=1S/C25H21F3N2O3/c1-15-7-9-16(10-8-15)14-33-17-11-12-18(20(31)13-17)23-22(24(30-29-23)25(26,27)28)19-5-3-4-6-21(19)32-2/h3-13,31H,14H2,1-2H3,(H,29,30). The fourth-order valence-corrected chi connectivity index (χ4v) is 3.51. The summed E-state index contributed by atoms with van der Waals surface area (Å²) in [7, 11) is 1.38. The van der Waals surface area contributed by atoms with Gasteiger partial charge in [0, 0.05) is 22.8 Å². The third-order valence-corrected chi connectivity index (χ3v) is 5.18. The predicted octanol–water partition coefficient (Wildman–Crippen LogP) is 6.36. The maximum absolute atomic E-state index is 13.8. The summed E-state index contributed by atoms with van der Waals surface area (Å²) in [6, 6.07) is 18.6. The molecule has 0 amide bonds. The number of methoxy groups -OCH3 is 1. The summed E-state index contributed by atoms with van der Waals surface area (Å²) in [6.07, 6.45) is -4.69. The Morgan fingerprint density at radius 1 is 0.970 bits per heavy atom. The van der Waals surface area contributed by atoms with Gasteiger partial charge in [0.05, 0.1) is 7.11 Å². The number of aryl methyl sites for hydroxylation is 1. The lowest BCUT2D eigenvalue weighted by molar-refractivity contribution is -0.140. The maximum atomic E-state index is 13.8. The van der Waals surface area contributed by atoms with E-state index in [9.17, 15) is 18.3 Å². The molecule has 0 radical (unpaired) electrons. The Balaban J connectivity index is 1.72. The highest BCUT2D eigenvalue weighted by Gasteiger charge is 2.39. The number of H-pyrrole nitrogens is 1. The molecule has 3 aromatic carbocycles. The third-order valence-electron chi connectivity index (χ3n) is 5.18. The van der Waals surface area contributed by atoms with Gasteiger partial charge in [-0.1, -0.05) is 48.0 Å². The van der Waals surface area contributed by atoms with Gasteiger partial charge in [-0.25, -0.2) is 0 Å². The van der Waals surface area contributed by atoms with Crippen molar-refractivity contribution in [1.29, 1.82) is 0 Å². The molecule has 0 fully saturated rings. The van der Waals surface area contributed by atoms with Crippen molar-refractivity contribution in [3.63, 3.8) is 0 Å². The summed E-state index contributed by atoms with van der Waals surface area (Å²) in [4.78, 5) is 0. The number of hydrogen-bond acceptors (Lipinski definition) is 4. The highest BCUT2D eigenvalue weighted by atomic mass is 19.4. The predicted molar refractivity (Wildman–Crippen MR) is 118 cm³/mol. The number of rotatable bonds is 6. The minimum Gasteiger partial charge on any atom is -0.507 e. The number of nitrogens with one attached hydrogen (secondary N) is 1. The van der Waals surface area contributed by atoms with E-state index in [0.29, 0.717) is 5.75 Å². The van der Waals surface area contributed by atoms with Gasteiger partial charge in [-0.3, -0.25) is 5.10 Å². The zero-order valence-electron chi connectivity index (χ0n) is 17.9. The van der Waals surface area contributed by atoms with Crippen LogP contribution in [0.2, 0.25) is 0 Å². The fourth-order valence-electron chi connectivity index (χ4n) is 3.51. The average Bonchev–Trinajstić information content (AvgIpc) is 3.24. The molecular weight excluding hydrogens is 433 g/mol. The van der Waals surface area contributed by atoms with Crippen LogP contribution in [-0.2, 0) is 12.8 Å². The lowest BCUT2D eigenvalue weighted by atomic mass is 9.97. The van der Waals surface area contributed by atoms with Crippen molar-refractivity contribution in [1.82, 2.24) is 10.2 Å². The van der Waals surface area contributed by atoms with Gasteiger partial charge in [-0.05, 0) is 30.7 Å². The summed E-state index contributed by atoms with van der Waals surface area (Å²) in [5, 5.41) is 16.6. The molecule has 1 aromatic heterocycles. The van der Waals surface area contributed by atoms with Crippen LogP contribution in [0.4, 0.5) is 13.2 Å². The van der Waals surface area contributed by atoms with Crippen LogP contribution in [0.5, 0.6) is 17.2 Å². The smallest absolute Gasteiger partial charge is 0.433 e. The van der Waals surface area contributed by atoms with Crippen molar-refractivity contribution in [3.05, 3.63) is 83.6 Å². The molecule has 170 valence electrons. The molecule has 0 saturated carbocycles. The number of phenols is 1.